The molecule has 0 aromatic heterocycles. The predicted molar refractivity (Wildman–Crippen MR) is 153 cm³/mol. The highest BCUT2D eigenvalue weighted by atomic mass is 35.5. The van der Waals surface area contributed by atoms with Crippen LogP contribution in [0.5, 0.6) is 17.2 Å². The molecule has 4 rings (SSSR count). The van der Waals surface area contributed by atoms with E-state index in [-0.39, 0.29) is 17.2 Å². The average molecular weight is 559 g/mol. The summed E-state index contributed by atoms with van der Waals surface area (Å²) in [5.74, 6) is 0.773. The summed E-state index contributed by atoms with van der Waals surface area (Å²) in [7, 11) is 1.48. The molecule has 1 amide bonds. The maximum absolute atomic E-state index is 12.8. The molecule has 4 aromatic rings. The highest BCUT2D eigenvalue weighted by Gasteiger charge is 2.15. The fourth-order valence-electron chi connectivity index (χ4n) is 3.62. The first-order chi connectivity index (χ1) is 19.0. The van der Waals surface area contributed by atoms with E-state index < -0.39 is 5.91 Å². The molecule has 0 aliphatic rings. The second-order valence-corrected chi connectivity index (χ2v) is 9.15. The number of benzene rings is 4. The Labute approximate surface area is 237 Å². The third kappa shape index (κ3) is 7.55. The molecular formula is C31H24Cl2N2O4. The number of rotatable bonds is 10. The van der Waals surface area contributed by atoms with E-state index >= 15 is 0 Å². The Morgan fingerprint density at radius 1 is 0.897 bits per heavy atom. The van der Waals surface area contributed by atoms with Gasteiger partial charge in [0.05, 0.1) is 12.1 Å². The molecule has 196 valence electrons. The van der Waals surface area contributed by atoms with Crippen LogP contribution < -0.4 is 19.5 Å². The molecule has 0 aliphatic heterocycles. The van der Waals surface area contributed by atoms with Gasteiger partial charge in [-0.25, -0.2) is 0 Å². The number of hydrogen-bond donors (Lipinski definition) is 1. The minimum Gasteiger partial charge on any atom is -0.493 e. The van der Waals surface area contributed by atoms with Gasteiger partial charge in [0.1, 0.15) is 30.6 Å². The van der Waals surface area contributed by atoms with Crippen LogP contribution >= 0.6 is 23.2 Å². The van der Waals surface area contributed by atoms with Crippen LogP contribution in [-0.2, 0) is 18.0 Å². The summed E-state index contributed by atoms with van der Waals surface area (Å²) in [4.78, 5) is 12.8. The molecule has 0 bridgehead atoms. The molecule has 0 saturated carbocycles. The van der Waals surface area contributed by atoms with Gasteiger partial charge in [0.2, 0.25) is 0 Å². The molecule has 0 fully saturated rings. The minimum absolute atomic E-state index is 0.109. The lowest BCUT2D eigenvalue weighted by Crippen LogP contribution is -2.13. The van der Waals surface area contributed by atoms with Crippen LogP contribution in [0.25, 0.3) is 6.08 Å². The van der Waals surface area contributed by atoms with E-state index in [9.17, 15) is 10.1 Å². The van der Waals surface area contributed by atoms with Crippen molar-refractivity contribution in [3.05, 3.63) is 123 Å². The fourth-order valence-corrected chi connectivity index (χ4v) is 4.08. The number of anilines is 1. The van der Waals surface area contributed by atoms with Crippen LogP contribution in [0.3, 0.4) is 0 Å². The van der Waals surface area contributed by atoms with Gasteiger partial charge >= 0.3 is 0 Å². The Bertz CT molecular complexity index is 1510. The molecule has 0 heterocycles. The second-order valence-electron chi connectivity index (χ2n) is 8.34. The molecule has 0 spiro atoms. The molecule has 1 N–H and O–H groups in total. The molecule has 0 saturated heterocycles. The van der Waals surface area contributed by atoms with Gasteiger partial charge in [0.25, 0.3) is 5.91 Å². The van der Waals surface area contributed by atoms with E-state index in [1.165, 1.54) is 13.2 Å². The number of nitriles is 1. The second kappa shape index (κ2) is 13.4. The highest BCUT2D eigenvalue weighted by molar-refractivity contribution is 6.32. The summed E-state index contributed by atoms with van der Waals surface area (Å²) in [5, 5.41) is 13.2. The van der Waals surface area contributed by atoms with Crippen LogP contribution in [0.1, 0.15) is 16.7 Å². The molecule has 0 unspecified atom stereocenters. The van der Waals surface area contributed by atoms with Crippen molar-refractivity contribution in [1.29, 1.82) is 5.26 Å². The first kappa shape index (κ1) is 27.6. The van der Waals surface area contributed by atoms with Crippen LogP contribution in [0.15, 0.2) is 96.6 Å². The summed E-state index contributed by atoms with van der Waals surface area (Å²) in [6.07, 6.45) is 1.43. The number of carbonyl (C=O) groups excluding carboxylic acids is 1. The number of halogens is 2. The van der Waals surface area contributed by atoms with Gasteiger partial charge in [0.15, 0.2) is 11.5 Å². The maximum Gasteiger partial charge on any atom is 0.266 e. The number of hydrogen-bond acceptors (Lipinski definition) is 5. The summed E-state index contributed by atoms with van der Waals surface area (Å²) in [6, 6.07) is 29.2. The zero-order valence-corrected chi connectivity index (χ0v) is 22.5. The predicted octanol–water partition coefficient (Wildman–Crippen LogP) is 7.71. The molecule has 39 heavy (non-hydrogen) atoms. The molecule has 0 radical (unpaired) electrons. The summed E-state index contributed by atoms with van der Waals surface area (Å²) < 4.78 is 17.1. The smallest absolute Gasteiger partial charge is 0.266 e. The molecule has 8 heteroatoms. The van der Waals surface area contributed by atoms with E-state index in [2.05, 4.69) is 5.32 Å². The van der Waals surface area contributed by atoms with Crippen LogP contribution in [0, 0.1) is 11.3 Å². The van der Waals surface area contributed by atoms with Crippen LogP contribution in [-0.4, -0.2) is 13.0 Å². The maximum atomic E-state index is 12.8. The van der Waals surface area contributed by atoms with Gasteiger partial charge in [-0.15, -0.1) is 0 Å². The van der Waals surface area contributed by atoms with E-state index in [1.807, 2.05) is 54.6 Å². The Balaban J connectivity index is 1.43. The summed E-state index contributed by atoms with van der Waals surface area (Å²) >= 11 is 12.7. The van der Waals surface area contributed by atoms with E-state index in [1.54, 1.807) is 42.5 Å². The minimum atomic E-state index is -0.565. The lowest BCUT2D eigenvalue weighted by Gasteiger charge is -2.14. The first-order valence-electron chi connectivity index (χ1n) is 11.9. The first-order valence-corrected chi connectivity index (χ1v) is 12.7. The van der Waals surface area contributed by atoms with E-state index in [0.29, 0.717) is 40.1 Å². The van der Waals surface area contributed by atoms with Crippen LogP contribution in [0.2, 0.25) is 10.0 Å². The quantitative estimate of drug-likeness (QED) is 0.159. The van der Waals surface area contributed by atoms with Crippen molar-refractivity contribution in [3.8, 4) is 23.3 Å². The van der Waals surface area contributed by atoms with Crippen molar-refractivity contribution >= 4 is 40.9 Å². The van der Waals surface area contributed by atoms with Crippen LogP contribution in [0.4, 0.5) is 5.69 Å². The molecule has 6 nitrogen and oxygen atoms in total. The summed E-state index contributed by atoms with van der Waals surface area (Å²) in [6.45, 7) is 0.622. The average Bonchev–Trinajstić information content (AvgIpc) is 2.96. The lowest BCUT2D eigenvalue weighted by molar-refractivity contribution is -0.112. The normalized spacial score (nSPS) is 10.9. The van der Waals surface area contributed by atoms with Crippen molar-refractivity contribution < 1.29 is 19.0 Å². The molecule has 0 aliphatic carbocycles. The van der Waals surface area contributed by atoms with Gasteiger partial charge in [0, 0.05) is 16.3 Å². The number of nitrogens with one attached hydrogen (secondary N) is 1. The largest absolute Gasteiger partial charge is 0.493 e. The Morgan fingerprint density at radius 2 is 1.62 bits per heavy atom. The van der Waals surface area contributed by atoms with Crippen molar-refractivity contribution in [2.75, 3.05) is 12.4 Å². The SMILES string of the molecule is COc1cc(/C=C(\C#N)C(=O)Nc2ccc(OCc3ccccc3)cc2)cc(Cl)c1OCc1ccccc1Cl. The fraction of sp³-hybridized carbons (Fsp3) is 0.0968. The standard InChI is InChI=1S/C31H24Cl2N2O4/c1-37-29-17-22(16-28(33)30(29)39-20-23-9-5-6-10-27(23)32)15-24(18-34)31(36)35-25-11-13-26(14-12-25)38-19-21-7-3-2-4-8-21/h2-17H,19-20H2,1H3,(H,35,36)/b24-15+. The number of amides is 1. The Hall–Kier alpha value is -4.44. The van der Waals surface area contributed by atoms with E-state index in [0.717, 1.165) is 11.1 Å². The van der Waals surface area contributed by atoms with Crippen molar-refractivity contribution in [2.45, 2.75) is 13.2 Å². The van der Waals surface area contributed by atoms with Gasteiger partial charge < -0.3 is 19.5 Å². The lowest BCUT2D eigenvalue weighted by atomic mass is 10.1. The third-order valence-corrected chi connectivity index (χ3v) is 6.27. The van der Waals surface area contributed by atoms with Crippen molar-refractivity contribution in [3.63, 3.8) is 0 Å². The Morgan fingerprint density at radius 3 is 2.31 bits per heavy atom. The zero-order valence-electron chi connectivity index (χ0n) is 21.0. The number of nitrogens with zero attached hydrogens (tertiary/aromatic N) is 1. The Kier molecular flexibility index (Phi) is 9.47. The van der Waals surface area contributed by atoms with Gasteiger partial charge in [-0.3, -0.25) is 4.79 Å². The van der Waals surface area contributed by atoms with Gasteiger partial charge in [-0.05, 0) is 59.7 Å². The van der Waals surface area contributed by atoms with Crippen molar-refractivity contribution in [2.24, 2.45) is 0 Å². The third-order valence-electron chi connectivity index (χ3n) is 5.62. The number of methoxy groups -OCH3 is 1. The molecular weight excluding hydrogens is 535 g/mol. The van der Waals surface area contributed by atoms with E-state index in [4.69, 9.17) is 37.4 Å². The van der Waals surface area contributed by atoms with Gasteiger partial charge in [-0.1, -0.05) is 71.7 Å². The topological polar surface area (TPSA) is 80.6 Å². The number of ether oxygens (including phenoxy) is 3. The molecule has 4 aromatic carbocycles. The zero-order chi connectivity index (χ0) is 27.6. The van der Waals surface area contributed by atoms with Gasteiger partial charge in [-0.2, -0.15) is 5.26 Å². The van der Waals surface area contributed by atoms with Crippen molar-refractivity contribution in [1.82, 2.24) is 0 Å². The monoisotopic (exact) mass is 558 g/mol. The molecule has 0 atom stereocenters. The highest BCUT2D eigenvalue weighted by Crippen LogP contribution is 2.38. The number of carbonyl (C=O) groups is 1. The summed E-state index contributed by atoms with van der Waals surface area (Å²) in [5.41, 5.74) is 2.75.